The van der Waals surface area contributed by atoms with Gasteiger partial charge < -0.3 is 10.4 Å². The molecule has 1 amide bonds. The third kappa shape index (κ3) is 3.97. The Balaban J connectivity index is 2.19. The van der Waals surface area contributed by atoms with Gasteiger partial charge in [0.1, 0.15) is 12.3 Å². The summed E-state index contributed by atoms with van der Waals surface area (Å²) in [5.74, 6) is -0.869. The van der Waals surface area contributed by atoms with Crippen molar-refractivity contribution in [3.8, 4) is 5.75 Å². The summed E-state index contributed by atoms with van der Waals surface area (Å²) >= 11 is 8.57. The minimum atomic E-state index is -4.63. The Morgan fingerprint density at radius 3 is 2.70 bits per heavy atom. The van der Waals surface area contributed by atoms with Gasteiger partial charge in [0.2, 0.25) is 5.91 Å². The Labute approximate surface area is 142 Å². The Morgan fingerprint density at radius 1 is 1.48 bits per heavy atom. The third-order valence-electron chi connectivity index (χ3n) is 2.93. The lowest BCUT2D eigenvalue weighted by Gasteiger charge is -2.09. The van der Waals surface area contributed by atoms with E-state index in [2.05, 4.69) is 26.3 Å². The summed E-state index contributed by atoms with van der Waals surface area (Å²) in [6.45, 7) is 0.947. The van der Waals surface area contributed by atoms with Gasteiger partial charge in [-0.2, -0.15) is 18.3 Å². The first-order chi connectivity index (χ1) is 10.6. The summed E-state index contributed by atoms with van der Waals surface area (Å²) in [6, 6.07) is 4.04. The van der Waals surface area contributed by atoms with E-state index in [-0.39, 0.29) is 26.6 Å². The molecule has 1 aromatic carbocycles. The molecule has 0 aliphatic carbocycles. The van der Waals surface area contributed by atoms with Gasteiger partial charge in [-0.15, -0.1) is 0 Å². The third-order valence-corrected chi connectivity index (χ3v) is 4.11. The van der Waals surface area contributed by atoms with E-state index < -0.39 is 24.3 Å². The lowest BCUT2D eigenvalue weighted by molar-refractivity contribution is -0.142. The molecule has 0 radical (unpaired) electrons. The van der Waals surface area contributed by atoms with E-state index in [0.29, 0.717) is 0 Å². The number of halogens is 5. The molecule has 0 fully saturated rings. The number of nitrogens with zero attached hydrogens (tertiary/aromatic N) is 2. The maximum absolute atomic E-state index is 12.8. The van der Waals surface area contributed by atoms with Crippen molar-refractivity contribution in [2.45, 2.75) is 19.6 Å². The average Bonchev–Trinajstić information content (AvgIpc) is 2.71. The van der Waals surface area contributed by atoms with Crippen LogP contribution in [0.3, 0.4) is 0 Å². The second-order valence-electron chi connectivity index (χ2n) is 4.61. The fraction of sp³-hybridized carbons (Fsp3) is 0.231. The molecule has 2 aromatic rings. The first-order valence-electron chi connectivity index (χ1n) is 6.18. The van der Waals surface area contributed by atoms with Crippen LogP contribution in [-0.4, -0.2) is 20.8 Å². The van der Waals surface area contributed by atoms with Crippen LogP contribution < -0.4 is 5.32 Å². The molecule has 1 aromatic heterocycles. The highest BCUT2D eigenvalue weighted by Gasteiger charge is 2.38. The van der Waals surface area contributed by atoms with Crippen molar-refractivity contribution in [1.29, 1.82) is 0 Å². The van der Waals surface area contributed by atoms with Crippen LogP contribution in [0.15, 0.2) is 22.7 Å². The predicted octanol–water partition coefficient (Wildman–Crippen LogP) is 3.97. The first-order valence-corrected chi connectivity index (χ1v) is 7.35. The van der Waals surface area contributed by atoms with Gasteiger partial charge in [0.05, 0.1) is 15.9 Å². The van der Waals surface area contributed by atoms with E-state index >= 15 is 0 Å². The van der Waals surface area contributed by atoms with E-state index in [9.17, 15) is 23.1 Å². The lowest BCUT2D eigenvalue weighted by Crippen LogP contribution is -2.20. The molecule has 2 rings (SSSR count). The average molecular weight is 413 g/mol. The predicted molar refractivity (Wildman–Crippen MR) is 81.4 cm³/mol. The fourth-order valence-corrected chi connectivity index (χ4v) is 2.47. The number of aromatic hydroxyl groups is 1. The molecule has 124 valence electrons. The van der Waals surface area contributed by atoms with Crippen LogP contribution in [0.25, 0.3) is 0 Å². The Hall–Kier alpha value is -1.74. The molecule has 0 bridgehead atoms. The zero-order chi connectivity index (χ0) is 17.4. The number of amides is 1. The fourth-order valence-electron chi connectivity index (χ4n) is 1.79. The van der Waals surface area contributed by atoms with Gasteiger partial charge in [-0.3, -0.25) is 9.48 Å². The van der Waals surface area contributed by atoms with Crippen LogP contribution in [0.2, 0.25) is 5.02 Å². The lowest BCUT2D eigenvalue weighted by atomic mass is 10.3. The highest BCUT2D eigenvalue weighted by atomic mass is 79.9. The number of alkyl halides is 3. The Kier molecular flexibility index (Phi) is 4.90. The van der Waals surface area contributed by atoms with E-state index in [1.807, 2.05) is 0 Å². The molecule has 5 nitrogen and oxygen atoms in total. The van der Waals surface area contributed by atoms with Gasteiger partial charge in [0, 0.05) is 5.02 Å². The SMILES string of the molecule is Cc1c(Br)c(C(F)(F)F)nn1CC(=O)Nc1cc(Cl)ccc1O. The summed E-state index contributed by atoms with van der Waals surface area (Å²) < 4.78 is 39.0. The van der Waals surface area contributed by atoms with Crippen molar-refractivity contribution in [1.82, 2.24) is 9.78 Å². The number of hydrogen-bond acceptors (Lipinski definition) is 3. The molecule has 2 N–H and O–H groups in total. The van der Waals surface area contributed by atoms with Crippen molar-refractivity contribution in [2.75, 3.05) is 5.32 Å². The van der Waals surface area contributed by atoms with Crippen molar-refractivity contribution >= 4 is 39.1 Å². The van der Waals surface area contributed by atoms with Gasteiger partial charge in [0.15, 0.2) is 5.69 Å². The molecule has 1 heterocycles. The first kappa shape index (κ1) is 17.6. The second kappa shape index (κ2) is 6.40. The van der Waals surface area contributed by atoms with Crippen molar-refractivity contribution in [3.63, 3.8) is 0 Å². The summed E-state index contributed by atoms with van der Waals surface area (Å²) in [5, 5.41) is 15.7. The summed E-state index contributed by atoms with van der Waals surface area (Å²) in [6.07, 6.45) is -4.63. The van der Waals surface area contributed by atoms with E-state index in [4.69, 9.17) is 11.6 Å². The van der Waals surface area contributed by atoms with Crippen LogP contribution in [-0.2, 0) is 17.5 Å². The minimum absolute atomic E-state index is 0.0578. The quantitative estimate of drug-likeness (QED) is 0.750. The van der Waals surface area contributed by atoms with Gasteiger partial charge in [-0.05, 0) is 41.1 Å². The molecule has 0 saturated carbocycles. The van der Waals surface area contributed by atoms with Crippen LogP contribution in [0, 0.1) is 6.92 Å². The number of carbonyl (C=O) groups is 1. The van der Waals surface area contributed by atoms with Crippen molar-refractivity contribution in [2.24, 2.45) is 0 Å². The van der Waals surface area contributed by atoms with E-state index in [1.54, 1.807) is 0 Å². The summed E-state index contributed by atoms with van der Waals surface area (Å²) in [7, 11) is 0. The summed E-state index contributed by atoms with van der Waals surface area (Å²) in [4.78, 5) is 11.9. The van der Waals surface area contributed by atoms with Gasteiger partial charge in [0.25, 0.3) is 0 Å². The summed E-state index contributed by atoms with van der Waals surface area (Å²) in [5.41, 5.74) is -0.890. The highest BCUT2D eigenvalue weighted by Crippen LogP contribution is 2.35. The maximum Gasteiger partial charge on any atom is 0.436 e. The number of phenolic OH excluding ortho intramolecular Hbond substituents is 1. The van der Waals surface area contributed by atoms with Gasteiger partial charge in [-0.1, -0.05) is 11.6 Å². The number of hydrogen-bond donors (Lipinski definition) is 2. The molecule has 0 saturated heterocycles. The van der Waals surface area contributed by atoms with Crippen LogP contribution >= 0.6 is 27.5 Å². The number of carbonyl (C=O) groups excluding carboxylic acids is 1. The zero-order valence-corrected chi connectivity index (χ0v) is 13.9. The topological polar surface area (TPSA) is 67.2 Å². The largest absolute Gasteiger partial charge is 0.506 e. The molecule has 0 unspecified atom stereocenters. The second-order valence-corrected chi connectivity index (χ2v) is 5.84. The molecule has 0 aliphatic heterocycles. The van der Waals surface area contributed by atoms with E-state index in [1.165, 1.54) is 25.1 Å². The molecular formula is C13H10BrClF3N3O2. The number of rotatable bonds is 3. The standard InChI is InChI=1S/C13H10BrClF3N3O2/c1-6-11(14)12(13(16,17)18)20-21(6)5-10(23)19-8-4-7(15)2-3-9(8)22/h2-4,22H,5H2,1H3,(H,19,23). The number of benzene rings is 1. The minimum Gasteiger partial charge on any atom is -0.506 e. The molecule has 0 spiro atoms. The monoisotopic (exact) mass is 411 g/mol. The Morgan fingerprint density at radius 2 is 2.13 bits per heavy atom. The number of aromatic nitrogens is 2. The van der Waals surface area contributed by atoms with Crippen molar-refractivity contribution in [3.05, 3.63) is 39.1 Å². The number of phenols is 1. The smallest absolute Gasteiger partial charge is 0.436 e. The Bertz CT molecular complexity index is 762. The molecule has 10 heteroatoms. The van der Waals surface area contributed by atoms with Crippen LogP contribution in [0.1, 0.15) is 11.4 Å². The van der Waals surface area contributed by atoms with Gasteiger partial charge >= 0.3 is 6.18 Å². The molecular weight excluding hydrogens is 403 g/mol. The normalized spacial score (nSPS) is 11.6. The van der Waals surface area contributed by atoms with Crippen molar-refractivity contribution < 1.29 is 23.1 Å². The molecule has 0 atom stereocenters. The van der Waals surface area contributed by atoms with Crippen LogP contribution in [0.5, 0.6) is 5.75 Å². The highest BCUT2D eigenvalue weighted by molar-refractivity contribution is 9.10. The number of nitrogens with one attached hydrogen (secondary N) is 1. The maximum atomic E-state index is 12.8. The molecule has 23 heavy (non-hydrogen) atoms. The zero-order valence-electron chi connectivity index (χ0n) is 11.6. The van der Waals surface area contributed by atoms with Crippen LogP contribution in [0.4, 0.5) is 18.9 Å². The van der Waals surface area contributed by atoms with E-state index in [0.717, 1.165) is 4.68 Å². The number of anilines is 1. The van der Waals surface area contributed by atoms with Gasteiger partial charge in [-0.25, -0.2) is 0 Å². The molecule has 0 aliphatic rings.